The topological polar surface area (TPSA) is 21.3 Å². The zero-order valence-corrected chi connectivity index (χ0v) is 11.3. The van der Waals surface area contributed by atoms with E-state index in [9.17, 15) is 13.2 Å². The fourth-order valence-electron chi connectivity index (χ4n) is 1.47. The minimum absolute atomic E-state index is 0.549. The van der Waals surface area contributed by atoms with Gasteiger partial charge < -0.3 is 10.1 Å². The maximum absolute atomic E-state index is 12.3. The zero-order chi connectivity index (χ0) is 14.3. The lowest BCUT2D eigenvalue weighted by Crippen LogP contribution is -2.11. The van der Waals surface area contributed by atoms with Gasteiger partial charge in [0, 0.05) is 18.8 Å². The summed E-state index contributed by atoms with van der Waals surface area (Å²) in [5.74, 6) is 0.614. The largest absolute Gasteiger partial charge is 0.416 e. The van der Waals surface area contributed by atoms with Gasteiger partial charge in [0.05, 0.1) is 12.2 Å². The first-order valence-corrected chi connectivity index (χ1v) is 6.38. The van der Waals surface area contributed by atoms with E-state index in [1.807, 2.05) is 0 Å². The SMILES string of the molecule is CC(C)CCOCCNc1ccc(C(F)(F)F)cc1. The second-order valence-corrected chi connectivity index (χ2v) is 4.80. The Morgan fingerprint density at radius 3 is 2.26 bits per heavy atom. The van der Waals surface area contributed by atoms with Crippen LogP contribution in [0.2, 0.25) is 0 Å². The third kappa shape index (κ3) is 6.47. The van der Waals surface area contributed by atoms with Gasteiger partial charge in [0.1, 0.15) is 0 Å². The van der Waals surface area contributed by atoms with E-state index in [0.29, 0.717) is 31.4 Å². The molecule has 1 N–H and O–H groups in total. The van der Waals surface area contributed by atoms with Gasteiger partial charge in [-0.25, -0.2) is 0 Å². The Morgan fingerprint density at radius 1 is 1.11 bits per heavy atom. The summed E-state index contributed by atoms with van der Waals surface area (Å²) in [6.07, 6.45) is -3.27. The number of ether oxygens (including phenoxy) is 1. The zero-order valence-electron chi connectivity index (χ0n) is 11.3. The maximum Gasteiger partial charge on any atom is 0.416 e. The van der Waals surface area contributed by atoms with Crippen LogP contribution in [-0.4, -0.2) is 19.8 Å². The van der Waals surface area contributed by atoms with Gasteiger partial charge in [-0.2, -0.15) is 13.2 Å². The summed E-state index contributed by atoms with van der Waals surface area (Å²) in [7, 11) is 0. The molecular weight excluding hydrogens is 255 g/mol. The van der Waals surface area contributed by atoms with E-state index in [1.165, 1.54) is 12.1 Å². The molecule has 0 aliphatic carbocycles. The van der Waals surface area contributed by atoms with Crippen molar-refractivity contribution in [3.8, 4) is 0 Å². The van der Waals surface area contributed by atoms with E-state index in [0.717, 1.165) is 18.6 Å². The number of anilines is 1. The number of halogens is 3. The Morgan fingerprint density at radius 2 is 1.74 bits per heavy atom. The number of hydrogen-bond acceptors (Lipinski definition) is 2. The number of benzene rings is 1. The van der Waals surface area contributed by atoms with E-state index in [4.69, 9.17) is 4.74 Å². The molecule has 0 heterocycles. The molecule has 0 aliphatic heterocycles. The van der Waals surface area contributed by atoms with Crippen molar-refractivity contribution in [1.82, 2.24) is 0 Å². The highest BCUT2D eigenvalue weighted by molar-refractivity contribution is 5.45. The van der Waals surface area contributed by atoms with Crippen LogP contribution in [0.15, 0.2) is 24.3 Å². The Labute approximate surface area is 112 Å². The van der Waals surface area contributed by atoms with Crippen molar-refractivity contribution < 1.29 is 17.9 Å². The van der Waals surface area contributed by atoms with Crippen molar-refractivity contribution in [3.63, 3.8) is 0 Å². The molecule has 2 nitrogen and oxygen atoms in total. The average molecular weight is 275 g/mol. The normalized spacial score (nSPS) is 11.9. The van der Waals surface area contributed by atoms with Gasteiger partial charge in [-0.1, -0.05) is 13.8 Å². The summed E-state index contributed by atoms with van der Waals surface area (Å²) in [5.41, 5.74) is 0.0340. The first kappa shape index (κ1) is 15.8. The van der Waals surface area contributed by atoms with Crippen LogP contribution in [0, 0.1) is 5.92 Å². The molecule has 0 atom stereocenters. The molecule has 0 spiro atoms. The van der Waals surface area contributed by atoms with Crippen LogP contribution >= 0.6 is 0 Å². The monoisotopic (exact) mass is 275 g/mol. The van der Waals surface area contributed by atoms with Crippen molar-refractivity contribution >= 4 is 5.69 Å². The average Bonchev–Trinajstić information content (AvgIpc) is 2.32. The van der Waals surface area contributed by atoms with Crippen LogP contribution in [0.25, 0.3) is 0 Å². The summed E-state index contributed by atoms with van der Waals surface area (Å²) in [4.78, 5) is 0. The fourth-order valence-corrected chi connectivity index (χ4v) is 1.47. The van der Waals surface area contributed by atoms with Gasteiger partial charge >= 0.3 is 6.18 Å². The van der Waals surface area contributed by atoms with Crippen LogP contribution in [0.5, 0.6) is 0 Å². The lowest BCUT2D eigenvalue weighted by molar-refractivity contribution is -0.137. The van der Waals surface area contributed by atoms with Gasteiger partial charge in [0.25, 0.3) is 0 Å². The number of hydrogen-bond donors (Lipinski definition) is 1. The molecule has 0 aromatic heterocycles. The molecule has 0 unspecified atom stereocenters. The van der Waals surface area contributed by atoms with Gasteiger partial charge in [0.15, 0.2) is 0 Å². The van der Waals surface area contributed by atoms with Gasteiger partial charge in [0.2, 0.25) is 0 Å². The number of nitrogens with one attached hydrogen (secondary N) is 1. The van der Waals surface area contributed by atoms with Crippen molar-refractivity contribution in [2.45, 2.75) is 26.4 Å². The summed E-state index contributed by atoms with van der Waals surface area (Å²) in [5, 5.41) is 3.02. The molecule has 0 fully saturated rings. The predicted molar refractivity (Wildman–Crippen MR) is 70.2 cm³/mol. The van der Waals surface area contributed by atoms with Crippen molar-refractivity contribution in [1.29, 1.82) is 0 Å². The molecule has 0 saturated carbocycles. The van der Waals surface area contributed by atoms with Crippen molar-refractivity contribution in [2.24, 2.45) is 5.92 Å². The van der Waals surface area contributed by atoms with Crippen molar-refractivity contribution in [2.75, 3.05) is 25.1 Å². The molecule has 0 amide bonds. The van der Waals surface area contributed by atoms with Gasteiger partial charge in [-0.3, -0.25) is 0 Å². The Hall–Kier alpha value is -1.23. The predicted octanol–water partition coefficient (Wildman–Crippen LogP) is 4.18. The Bertz CT molecular complexity index is 360. The number of rotatable bonds is 7. The minimum atomic E-state index is -4.28. The Kier molecular flexibility index (Phi) is 6.15. The summed E-state index contributed by atoms with van der Waals surface area (Å²) < 4.78 is 42.4. The first-order chi connectivity index (χ1) is 8.89. The highest BCUT2D eigenvalue weighted by Crippen LogP contribution is 2.29. The lowest BCUT2D eigenvalue weighted by atomic mass is 10.1. The molecule has 0 aliphatic rings. The quantitative estimate of drug-likeness (QED) is 0.754. The lowest BCUT2D eigenvalue weighted by Gasteiger charge is -2.10. The molecule has 0 radical (unpaired) electrons. The fraction of sp³-hybridized carbons (Fsp3) is 0.571. The standard InChI is InChI=1S/C14H20F3NO/c1-11(2)7-9-19-10-8-18-13-5-3-12(4-6-13)14(15,16)17/h3-6,11,18H,7-10H2,1-2H3. The summed E-state index contributed by atoms with van der Waals surface area (Å²) >= 11 is 0. The third-order valence-corrected chi connectivity index (χ3v) is 2.63. The van der Waals surface area contributed by atoms with Crippen molar-refractivity contribution in [3.05, 3.63) is 29.8 Å². The second-order valence-electron chi connectivity index (χ2n) is 4.80. The van der Waals surface area contributed by atoms with E-state index >= 15 is 0 Å². The first-order valence-electron chi connectivity index (χ1n) is 6.38. The smallest absolute Gasteiger partial charge is 0.383 e. The van der Waals surface area contributed by atoms with Crippen LogP contribution in [-0.2, 0) is 10.9 Å². The van der Waals surface area contributed by atoms with Gasteiger partial charge in [-0.15, -0.1) is 0 Å². The minimum Gasteiger partial charge on any atom is -0.383 e. The molecule has 0 saturated heterocycles. The summed E-state index contributed by atoms with van der Waals surface area (Å²) in [6.45, 7) is 6.11. The molecular formula is C14H20F3NO. The van der Waals surface area contributed by atoms with Gasteiger partial charge in [-0.05, 0) is 36.6 Å². The van der Waals surface area contributed by atoms with Crippen LogP contribution in [0.4, 0.5) is 18.9 Å². The second kappa shape index (κ2) is 7.38. The van der Waals surface area contributed by atoms with E-state index in [-0.39, 0.29) is 0 Å². The molecule has 1 aromatic rings. The Balaban J connectivity index is 2.23. The highest BCUT2D eigenvalue weighted by atomic mass is 19.4. The highest BCUT2D eigenvalue weighted by Gasteiger charge is 2.29. The van der Waals surface area contributed by atoms with Crippen LogP contribution < -0.4 is 5.32 Å². The number of alkyl halides is 3. The molecule has 19 heavy (non-hydrogen) atoms. The van der Waals surface area contributed by atoms with Crippen LogP contribution in [0.1, 0.15) is 25.8 Å². The molecule has 1 rings (SSSR count). The molecule has 5 heteroatoms. The third-order valence-electron chi connectivity index (χ3n) is 2.63. The summed E-state index contributed by atoms with van der Waals surface area (Å²) in [6, 6.07) is 5.00. The van der Waals surface area contributed by atoms with E-state index < -0.39 is 11.7 Å². The molecule has 108 valence electrons. The molecule has 1 aromatic carbocycles. The molecule has 0 bridgehead atoms. The maximum atomic E-state index is 12.3. The van der Waals surface area contributed by atoms with Crippen LogP contribution in [0.3, 0.4) is 0 Å². The van der Waals surface area contributed by atoms with E-state index in [2.05, 4.69) is 19.2 Å². The van der Waals surface area contributed by atoms with E-state index in [1.54, 1.807) is 0 Å².